The van der Waals surface area contributed by atoms with Gasteiger partial charge < -0.3 is 0 Å². The molecule has 0 saturated carbocycles. The minimum Gasteiger partial charge on any atom is -0.208 e. The number of hydrogen-bond donors (Lipinski definition) is 0. The van der Waals surface area contributed by atoms with Gasteiger partial charge in [0.1, 0.15) is 0 Å². The van der Waals surface area contributed by atoms with Crippen molar-refractivity contribution in [2.75, 3.05) is 0 Å². The Labute approximate surface area is 331 Å². The van der Waals surface area contributed by atoms with Crippen LogP contribution in [0.1, 0.15) is 0 Å². The zero-order chi connectivity index (χ0) is 37.0. The van der Waals surface area contributed by atoms with Crippen molar-refractivity contribution in [1.29, 1.82) is 0 Å². The predicted molar refractivity (Wildman–Crippen MR) is 238 cm³/mol. The van der Waals surface area contributed by atoms with E-state index in [2.05, 4.69) is 188 Å². The molecule has 3 nitrogen and oxygen atoms in total. The summed E-state index contributed by atoms with van der Waals surface area (Å²) in [6.07, 6.45) is 0. The van der Waals surface area contributed by atoms with Crippen LogP contribution < -0.4 is 0 Å². The zero-order valence-electron chi connectivity index (χ0n) is 30.1. The Morgan fingerprint density at radius 2 is 0.643 bits per heavy atom. The van der Waals surface area contributed by atoms with Gasteiger partial charge in [0.2, 0.25) is 0 Å². The van der Waals surface area contributed by atoms with Crippen LogP contribution in [0.5, 0.6) is 0 Å². The Kier molecular flexibility index (Phi) is 7.87. The fourth-order valence-electron chi connectivity index (χ4n) is 7.94. The summed E-state index contributed by atoms with van der Waals surface area (Å²) >= 11 is 3.59. The van der Waals surface area contributed by atoms with E-state index in [-0.39, 0.29) is 0 Å². The van der Waals surface area contributed by atoms with Gasteiger partial charge in [-0.05, 0) is 57.6 Å². The fraction of sp³-hybridized carbons (Fsp3) is 0. The fourth-order valence-corrected chi connectivity index (χ4v) is 10.4. The molecule has 8 aromatic carbocycles. The molecule has 0 saturated heterocycles. The number of fused-ring (bicyclic) bond motifs is 6. The Balaban J connectivity index is 1.20. The first kappa shape index (κ1) is 32.6. The maximum atomic E-state index is 5.47. The molecular weight excluding hydrogens is 719 g/mol. The average molecular weight is 750 g/mol. The van der Waals surface area contributed by atoms with Gasteiger partial charge >= 0.3 is 0 Å². The molecule has 0 amide bonds. The van der Waals surface area contributed by atoms with Gasteiger partial charge in [-0.3, -0.25) is 0 Å². The number of rotatable bonds is 6. The van der Waals surface area contributed by atoms with Crippen molar-refractivity contribution in [3.63, 3.8) is 0 Å². The molecule has 3 aromatic heterocycles. The third-order valence-corrected chi connectivity index (χ3v) is 13.0. The van der Waals surface area contributed by atoms with Crippen molar-refractivity contribution in [2.24, 2.45) is 0 Å². The van der Waals surface area contributed by atoms with E-state index in [1.165, 1.54) is 51.5 Å². The lowest BCUT2D eigenvalue weighted by molar-refractivity contribution is 1.08. The van der Waals surface area contributed by atoms with Crippen molar-refractivity contribution in [3.05, 3.63) is 188 Å². The lowest BCUT2D eigenvalue weighted by Crippen LogP contribution is -2.02. The van der Waals surface area contributed by atoms with Crippen LogP contribution in [0.3, 0.4) is 0 Å². The van der Waals surface area contributed by atoms with E-state index in [4.69, 9.17) is 15.0 Å². The minimum absolute atomic E-state index is 0.641. The molecule has 262 valence electrons. The van der Waals surface area contributed by atoms with Crippen molar-refractivity contribution >= 4 is 63.0 Å². The molecule has 11 rings (SSSR count). The molecule has 0 fully saturated rings. The normalized spacial score (nSPS) is 11.6. The van der Waals surface area contributed by atoms with Crippen molar-refractivity contribution < 1.29 is 0 Å². The van der Waals surface area contributed by atoms with Gasteiger partial charge in [0.05, 0.1) is 0 Å². The van der Waals surface area contributed by atoms with Gasteiger partial charge in [-0.1, -0.05) is 164 Å². The van der Waals surface area contributed by atoms with Gasteiger partial charge in [-0.2, -0.15) is 0 Å². The predicted octanol–water partition coefficient (Wildman–Crippen LogP) is 14.6. The van der Waals surface area contributed by atoms with E-state index in [1.807, 2.05) is 0 Å². The highest BCUT2D eigenvalue weighted by atomic mass is 32.1. The van der Waals surface area contributed by atoms with Crippen LogP contribution in [0.15, 0.2) is 188 Å². The van der Waals surface area contributed by atoms with Gasteiger partial charge in [0.15, 0.2) is 17.5 Å². The van der Waals surface area contributed by atoms with E-state index in [0.29, 0.717) is 17.5 Å². The largest absolute Gasteiger partial charge is 0.208 e. The van der Waals surface area contributed by atoms with E-state index in [9.17, 15) is 0 Å². The van der Waals surface area contributed by atoms with Gasteiger partial charge in [0, 0.05) is 57.0 Å². The van der Waals surface area contributed by atoms with Crippen molar-refractivity contribution in [2.45, 2.75) is 0 Å². The lowest BCUT2D eigenvalue weighted by Gasteiger charge is -2.17. The Morgan fingerprint density at radius 3 is 1.20 bits per heavy atom. The standard InChI is InChI=1S/C51H31N3S2/c1-3-14-32(15-4-1)33-28-30-35(31-29-33)37-21-11-20-36(34-16-5-2-6-17-34)46(37)51-53-49(42-24-12-22-40-38-18-7-9-26-44(38)55-47(40)42)52-50(54-51)43-25-13-23-41-39-19-8-10-27-45(39)56-48(41)43/h1-31H. The summed E-state index contributed by atoms with van der Waals surface area (Å²) < 4.78 is 4.83. The second-order valence-corrected chi connectivity index (χ2v) is 16.0. The van der Waals surface area contributed by atoms with Crippen molar-refractivity contribution in [3.8, 4) is 67.5 Å². The van der Waals surface area contributed by atoms with Gasteiger partial charge in [-0.15, -0.1) is 22.7 Å². The number of aromatic nitrogens is 3. The summed E-state index contributed by atoms with van der Waals surface area (Å²) in [6, 6.07) is 66.7. The maximum absolute atomic E-state index is 5.47. The van der Waals surface area contributed by atoms with Crippen LogP contribution in [0.4, 0.5) is 0 Å². The maximum Gasteiger partial charge on any atom is 0.165 e. The van der Waals surface area contributed by atoms with Crippen LogP contribution in [0.2, 0.25) is 0 Å². The summed E-state index contributed by atoms with van der Waals surface area (Å²) in [6.45, 7) is 0. The Morgan fingerprint density at radius 1 is 0.268 bits per heavy atom. The van der Waals surface area contributed by atoms with Crippen LogP contribution in [0, 0.1) is 0 Å². The molecule has 11 aromatic rings. The average Bonchev–Trinajstić information content (AvgIpc) is 3.85. The third-order valence-electron chi connectivity index (χ3n) is 10.6. The van der Waals surface area contributed by atoms with Crippen LogP contribution >= 0.6 is 22.7 Å². The van der Waals surface area contributed by atoms with Gasteiger partial charge in [-0.25, -0.2) is 15.0 Å². The number of thiophene rings is 2. The van der Waals surface area contributed by atoms with Crippen LogP contribution in [-0.2, 0) is 0 Å². The molecule has 0 N–H and O–H groups in total. The minimum atomic E-state index is 0.641. The molecule has 0 aliphatic rings. The smallest absolute Gasteiger partial charge is 0.165 e. The lowest BCUT2D eigenvalue weighted by atomic mass is 9.90. The molecule has 0 radical (unpaired) electrons. The highest BCUT2D eigenvalue weighted by molar-refractivity contribution is 7.26. The molecule has 0 spiro atoms. The summed E-state index contributed by atoms with van der Waals surface area (Å²) in [5.41, 5.74) is 9.68. The highest BCUT2D eigenvalue weighted by Crippen LogP contribution is 2.44. The summed E-state index contributed by atoms with van der Waals surface area (Å²) in [5, 5.41) is 4.91. The third kappa shape index (κ3) is 5.51. The molecule has 0 atom stereocenters. The van der Waals surface area contributed by atoms with E-state index in [0.717, 1.165) is 38.9 Å². The molecule has 0 aliphatic heterocycles. The molecule has 0 bridgehead atoms. The Bertz CT molecular complexity index is 3110. The molecule has 0 aliphatic carbocycles. The van der Waals surface area contributed by atoms with E-state index < -0.39 is 0 Å². The summed E-state index contributed by atoms with van der Waals surface area (Å²) in [4.78, 5) is 16.3. The number of hydrogen-bond acceptors (Lipinski definition) is 5. The first-order valence-corrected chi connectivity index (χ1v) is 20.3. The first-order chi connectivity index (χ1) is 27.8. The van der Waals surface area contributed by atoms with Gasteiger partial charge in [0.25, 0.3) is 0 Å². The molecule has 5 heteroatoms. The second kappa shape index (κ2) is 13.5. The highest BCUT2D eigenvalue weighted by Gasteiger charge is 2.22. The monoisotopic (exact) mass is 749 g/mol. The molecule has 56 heavy (non-hydrogen) atoms. The molecular formula is C51H31N3S2. The van der Waals surface area contributed by atoms with Crippen LogP contribution in [0.25, 0.3) is 108 Å². The quantitative estimate of drug-likeness (QED) is 0.170. The topological polar surface area (TPSA) is 38.7 Å². The van der Waals surface area contributed by atoms with E-state index >= 15 is 0 Å². The number of benzene rings is 8. The van der Waals surface area contributed by atoms with Crippen molar-refractivity contribution in [1.82, 2.24) is 15.0 Å². The first-order valence-electron chi connectivity index (χ1n) is 18.7. The SMILES string of the molecule is c1ccc(-c2ccc(-c3cccc(-c4ccccc4)c3-c3nc(-c4cccc5c4sc4ccccc45)nc(-c4cccc5c4sc4ccccc45)n3)cc2)cc1. The van der Waals surface area contributed by atoms with Crippen LogP contribution in [-0.4, -0.2) is 15.0 Å². The molecule has 0 unspecified atom stereocenters. The second-order valence-electron chi connectivity index (χ2n) is 13.9. The van der Waals surface area contributed by atoms with E-state index in [1.54, 1.807) is 22.7 Å². The summed E-state index contributed by atoms with van der Waals surface area (Å²) in [5.74, 6) is 1.96. The summed E-state index contributed by atoms with van der Waals surface area (Å²) in [7, 11) is 0. The number of nitrogens with zero attached hydrogens (tertiary/aromatic N) is 3. The Hall–Kier alpha value is -6.79. The molecule has 3 heterocycles. The zero-order valence-corrected chi connectivity index (χ0v) is 31.7.